The number of carbonyl (C=O) groups is 1. The zero-order valence-electron chi connectivity index (χ0n) is 14.0. The van der Waals surface area contributed by atoms with Crippen molar-refractivity contribution < 1.29 is 14.3 Å². The summed E-state index contributed by atoms with van der Waals surface area (Å²) < 4.78 is 10.0. The highest BCUT2D eigenvalue weighted by atomic mass is 16.5. The zero-order chi connectivity index (χ0) is 15.6. The van der Waals surface area contributed by atoms with E-state index in [4.69, 9.17) is 9.47 Å². The summed E-state index contributed by atoms with van der Waals surface area (Å²) in [5.41, 5.74) is -0.579. The normalized spacial score (nSPS) is 15.9. The van der Waals surface area contributed by atoms with Gasteiger partial charge < -0.3 is 14.8 Å². The van der Waals surface area contributed by atoms with E-state index in [1.165, 1.54) is 7.11 Å². The van der Waals surface area contributed by atoms with Crippen LogP contribution in [0.5, 0.6) is 0 Å². The quantitative estimate of drug-likeness (QED) is 0.463. The molecule has 0 heterocycles. The molecule has 1 N–H and O–H groups in total. The smallest absolute Gasteiger partial charge is 0.325 e. The maximum absolute atomic E-state index is 11.7. The number of likely N-dealkylation sites (N-methyl/N-ethyl adjacent to an activating group) is 2. The number of rotatable bonds is 11. The summed E-state index contributed by atoms with van der Waals surface area (Å²) in [7, 11) is 4.97. The van der Waals surface area contributed by atoms with Gasteiger partial charge in [-0.2, -0.15) is 0 Å². The van der Waals surface area contributed by atoms with Gasteiger partial charge in [0.05, 0.1) is 13.7 Å². The first-order chi connectivity index (χ1) is 9.45. The lowest BCUT2D eigenvalue weighted by Gasteiger charge is -2.29. The average molecular weight is 288 g/mol. The number of hydrogen-bond donors (Lipinski definition) is 1. The van der Waals surface area contributed by atoms with Gasteiger partial charge in [0.25, 0.3) is 0 Å². The number of nitrogens with zero attached hydrogens (tertiary/aromatic N) is 1. The maximum atomic E-state index is 11.7. The summed E-state index contributed by atoms with van der Waals surface area (Å²) in [5, 5.41) is 3.07. The molecule has 0 fully saturated rings. The summed E-state index contributed by atoms with van der Waals surface area (Å²) in [6.07, 6.45) is 2.84. The molecule has 120 valence electrons. The molecule has 0 aliphatic heterocycles. The molecule has 0 rings (SSSR count). The van der Waals surface area contributed by atoms with Gasteiger partial charge in [-0.3, -0.25) is 9.69 Å². The van der Waals surface area contributed by atoms with E-state index in [2.05, 4.69) is 24.1 Å². The molecule has 0 amide bonds. The van der Waals surface area contributed by atoms with Gasteiger partial charge in [-0.15, -0.1) is 0 Å². The highest BCUT2D eigenvalue weighted by molar-refractivity contribution is 5.80. The van der Waals surface area contributed by atoms with E-state index >= 15 is 0 Å². The van der Waals surface area contributed by atoms with Crippen molar-refractivity contribution in [2.75, 3.05) is 41.0 Å². The Morgan fingerprint density at radius 2 is 2.00 bits per heavy atom. The van der Waals surface area contributed by atoms with Gasteiger partial charge in [0.2, 0.25) is 0 Å². The molecule has 0 spiro atoms. The average Bonchev–Trinajstić information content (AvgIpc) is 2.46. The molecule has 0 saturated heterocycles. The molecule has 5 heteroatoms. The van der Waals surface area contributed by atoms with Gasteiger partial charge in [-0.25, -0.2) is 0 Å². The highest BCUT2D eigenvalue weighted by Gasteiger charge is 2.31. The Labute approximate surface area is 124 Å². The van der Waals surface area contributed by atoms with Crippen LogP contribution in [0.25, 0.3) is 0 Å². The summed E-state index contributed by atoms with van der Waals surface area (Å²) in [4.78, 5) is 14.1. The Bertz CT molecular complexity index is 274. The van der Waals surface area contributed by atoms with Gasteiger partial charge in [0.1, 0.15) is 5.54 Å². The minimum absolute atomic E-state index is 0.194. The minimum atomic E-state index is -0.579. The number of carbonyl (C=O) groups excluding carboxylic acids is 1. The fourth-order valence-corrected chi connectivity index (χ4v) is 2.38. The highest BCUT2D eigenvalue weighted by Crippen LogP contribution is 2.16. The fraction of sp³-hybridized carbons (Fsp3) is 0.933. The molecular weight excluding hydrogens is 256 g/mol. The predicted octanol–water partition coefficient (Wildman–Crippen LogP) is 1.66. The number of ether oxygens (including phenoxy) is 2. The molecule has 0 saturated carbocycles. The number of esters is 1. The lowest BCUT2D eigenvalue weighted by atomic mass is 9.95. The van der Waals surface area contributed by atoms with Crippen molar-refractivity contribution in [2.45, 2.75) is 51.6 Å². The van der Waals surface area contributed by atoms with Crippen LogP contribution in [-0.4, -0.2) is 63.4 Å². The van der Waals surface area contributed by atoms with Crippen molar-refractivity contribution in [2.24, 2.45) is 0 Å². The largest absolute Gasteiger partial charge is 0.468 e. The van der Waals surface area contributed by atoms with Crippen LogP contribution in [0.3, 0.4) is 0 Å². The van der Waals surface area contributed by atoms with Gasteiger partial charge in [0.15, 0.2) is 0 Å². The molecule has 5 nitrogen and oxygen atoms in total. The lowest BCUT2D eigenvalue weighted by molar-refractivity contribution is -0.148. The monoisotopic (exact) mass is 288 g/mol. The number of methoxy groups -OCH3 is 2. The van der Waals surface area contributed by atoms with E-state index in [9.17, 15) is 4.79 Å². The molecule has 0 radical (unpaired) electrons. The third-order valence-corrected chi connectivity index (χ3v) is 4.00. The Balaban J connectivity index is 4.13. The molecule has 2 atom stereocenters. The van der Waals surface area contributed by atoms with E-state index in [0.717, 1.165) is 39.0 Å². The van der Waals surface area contributed by atoms with Gasteiger partial charge >= 0.3 is 5.97 Å². The van der Waals surface area contributed by atoms with Gasteiger partial charge in [0, 0.05) is 13.2 Å². The van der Waals surface area contributed by atoms with Crippen molar-refractivity contribution >= 4 is 5.97 Å². The second kappa shape index (κ2) is 10.1. The van der Waals surface area contributed by atoms with Crippen LogP contribution in [-0.2, 0) is 14.3 Å². The fourth-order valence-electron chi connectivity index (χ4n) is 2.38. The molecule has 0 aromatic rings. The molecule has 0 aliphatic carbocycles. The van der Waals surface area contributed by atoms with E-state index < -0.39 is 5.54 Å². The maximum Gasteiger partial charge on any atom is 0.325 e. The Morgan fingerprint density at radius 1 is 1.35 bits per heavy atom. The molecule has 2 unspecified atom stereocenters. The summed E-state index contributed by atoms with van der Waals surface area (Å²) in [6, 6.07) is 0.432. The van der Waals surface area contributed by atoms with Crippen LogP contribution in [0.2, 0.25) is 0 Å². The topological polar surface area (TPSA) is 50.8 Å². The van der Waals surface area contributed by atoms with Crippen molar-refractivity contribution in [3.8, 4) is 0 Å². The van der Waals surface area contributed by atoms with E-state index in [1.54, 1.807) is 14.2 Å². The van der Waals surface area contributed by atoms with Crippen LogP contribution in [0, 0.1) is 0 Å². The van der Waals surface area contributed by atoms with E-state index in [-0.39, 0.29) is 5.97 Å². The van der Waals surface area contributed by atoms with Crippen molar-refractivity contribution in [3.05, 3.63) is 0 Å². The SMILES string of the molecule is CCN(CCCCC(C)(NC)C(=O)OC)C(C)COC. The first-order valence-electron chi connectivity index (χ1n) is 7.45. The number of hydrogen-bond acceptors (Lipinski definition) is 5. The van der Waals surface area contributed by atoms with Gasteiger partial charge in [-0.05, 0) is 53.2 Å². The molecule has 0 bridgehead atoms. The van der Waals surface area contributed by atoms with Crippen LogP contribution in [0.15, 0.2) is 0 Å². The van der Waals surface area contributed by atoms with E-state index in [0.29, 0.717) is 6.04 Å². The second-order valence-electron chi connectivity index (χ2n) is 5.46. The summed E-state index contributed by atoms with van der Waals surface area (Å²) >= 11 is 0. The number of unbranched alkanes of at least 4 members (excludes halogenated alkanes) is 1. The minimum Gasteiger partial charge on any atom is -0.468 e. The molecule has 20 heavy (non-hydrogen) atoms. The molecule has 0 aromatic heterocycles. The first kappa shape index (κ1) is 19.4. The first-order valence-corrected chi connectivity index (χ1v) is 7.45. The van der Waals surface area contributed by atoms with Crippen molar-refractivity contribution in [1.82, 2.24) is 10.2 Å². The van der Waals surface area contributed by atoms with Gasteiger partial charge in [-0.1, -0.05) is 6.92 Å². The summed E-state index contributed by atoms with van der Waals surface area (Å²) in [5.74, 6) is -0.194. The van der Waals surface area contributed by atoms with Crippen LogP contribution < -0.4 is 5.32 Å². The third kappa shape index (κ3) is 6.20. The standard InChI is InChI=1S/C15H32N2O3/c1-7-17(13(2)12-19-5)11-9-8-10-15(3,16-4)14(18)20-6/h13,16H,7-12H2,1-6H3. The third-order valence-electron chi connectivity index (χ3n) is 4.00. The second-order valence-corrected chi connectivity index (χ2v) is 5.46. The molecular formula is C15H32N2O3. The van der Waals surface area contributed by atoms with E-state index in [1.807, 2.05) is 6.92 Å². The van der Waals surface area contributed by atoms with Crippen LogP contribution >= 0.6 is 0 Å². The Hall–Kier alpha value is -0.650. The lowest BCUT2D eigenvalue weighted by Crippen LogP contribution is -2.48. The van der Waals surface area contributed by atoms with Crippen LogP contribution in [0.1, 0.15) is 40.0 Å². The van der Waals surface area contributed by atoms with Crippen molar-refractivity contribution in [3.63, 3.8) is 0 Å². The molecule has 0 aliphatic rings. The summed E-state index contributed by atoms with van der Waals surface area (Å²) in [6.45, 7) is 9.04. The van der Waals surface area contributed by atoms with Crippen LogP contribution in [0.4, 0.5) is 0 Å². The number of nitrogens with one attached hydrogen (secondary N) is 1. The Kier molecular flexibility index (Phi) is 9.80. The van der Waals surface area contributed by atoms with Crippen molar-refractivity contribution in [1.29, 1.82) is 0 Å². The molecule has 0 aromatic carbocycles. The Morgan fingerprint density at radius 3 is 2.45 bits per heavy atom. The zero-order valence-corrected chi connectivity index (χ0v) is 14.0. The predicted molar refractivity (Wildman–Crippen MR) is 81.9 cm³/mol.